The Bertz CT molecular complexity index is 946. The van der Waals surface area contributed by atoms with Crippen LogP contribution in [-0.4, -0.2) is 75.3 Å². The molecule has 0 saturated carbocycles. The maximum Gasteiger partial charge on any atom is 0.257 e. The van der Waals surface area contributed by atoms with Crippen molar-refractivity contribution in [1.82, 2.24) is 14.6 Å². The van der Waals surface area contributed by atoms with E-state index in [9.17, 15) is 13.2 Å². The lowest BCUT2D eigenvalue weighted by atomic mass is 10.3. The second-order valence-corrected chi connectivity index (χ2v) is 9.38. The number of pyridine rings is 1. The van der Waals surface area contributed by atoms with Gasteiger partial charge in [0.1, 0.15) is 17.3 Å². The largest absolute Gasteiger partial charge is 0.494 e. The fourth-order valence-electron chi connectivity index (χ4n) is 3.35. The van der Waals surface area contributed by atoms with Crippen LogP contribution in [0.5, 0.6) is 11.5 Å². The van der Waals surface area contributed by atoms with Gasteiger partial charge in [0.2, 0.25) is 10.0 Å². The summed E-state index contributed by atoms with van der Waals surface area (Å²) in [6.45, 7) is 4.71. The van der Waals surface area contributed by atoms with Gasteiger partial charge in [-0.1, -0.05) is 6.07 Å². The number of anilines is 1. The molecule has 0 bridgehead atoms. The summed E-state index contributed by atoms with van der Waals surface area (Å²) in [6, 6.07) is 12.7. The number of nitrogens with zero attached hydrogens (tertiary/aromatic N) is 3. The number of ether oxygens (including phenoxy) is 2. The zero-order chi connectivity index (χ0) is 22.8. The molecule has 1 aliphatic rings. The molecule has 3 rings (SSSR count). The van der Waals surface area contributed by atoms with E-state index in [1.54, 1.807) is 30.5 Å². The molecular formula is C22H30N4O5S. The highest BCUT2D eigenvalue weighted by Gasteiger charge is 2.26. The molecule has 1 aliphatic heterocycles. The number of rotatable bonds is 11. The smallest absolute Gasteiger partial charge is 0.257 e. The standard InChI is InChI=1S/C22H30N4O5S/c1-2-30-19-7-9-20(10-8-19)31-18-22(27)24-12-5-17-32(28,29)26-15-13-25(14-16-26)21-6-3-4-11-23-21/h3-4,6-11H,2,5,12-18H2,1H3,(H,24,27). The van der Waals surface area contributed by atoms with Crippen LogP contribution in [0.2, 0.25) is 0 Å². The number of carbonyl (C=O) groups is 1. The zero-order valence-electron chi connectivity index (χ0n) is 18.3. The van der Waals surface area contributed by atoms with Gasteiger partial charge >= 0.3 is 0 Å². The summed E-state index contributed by atoms with van der Waals surface area (Å²) in [5.41, 5.74) is 0. The Labute approximate surface area is 189 Å². The molecule has 1 fully saturated rings. The number of piperazine rings is 1. The Balaban J connectivity index is 1.32. The maximum absolute atomic E-state index is 12.6. The molecule has 0 unspecified atom stereocenters. The van der Waals surface area contributed by atoms with Crippen molar-refractivity contribution in [3.63, 3.8) is 0 Å². The molecule has 1 aromatic carbocycles. The highest BCUT2D eigenvalue weighted by atomic mass is 32.2. The fraction of sp³-hybridized carbons (Fsp3) is 0.455. The van der Waals surface area contributed by atoms with E-state index >= 15 is 0 Å². The van der Waals surface area contributed by atoms with E-state index in [0.717, 1.165) is 11.6 Å². The SMILES string of the molecule is CCOc1ccc(OCC(=O)NCCCS(=O)(=O)N2CCN(c3ccccn3)CC2)cc1. The van der Waals surface area contributed by atoms with Crippen LogP contribution < -0.4 is 19.7 Å². The van der Waals surface area contributed by atoms with Crippen molar-refractivity contribution in [2.75, 3.05) is 56.6 Å². The number of aromatic nitrogens is 1. The first kappa shape index (κ1) is 23.8. The van der Waals surface area contributed by atoms with E-state index in [2.05, 4.69) is 15.2 Å². The second-order valence-electron chi connectivity index (χ2n) is 7.29. The number of hydrogen-bond acceptors (Lipinski definition) is 7. The van der Waals surface area contributed by atoms with Crippen molar-refractivity contribution >= 4 is 21.7 Å². The van der Waals surface area contributed by atoms with Gasteiger partial charge < -0.3 is 19.7 Å². The van der Waals surface area contributed by atoms with Crippen LogP contribution in [0.25, 0.3) is 0 Å². The number of carbonyl (C=O) groups excluding carboxylic acids is 1. The summed E-state index contributed by atoms with van der Waals surface area (Å²) < 4.78 is 37.5. The topological polar surface area (TPSA) is 101 Å². The normalized spacial score (nSPS) is 14.7. The molecule has 0 aliphatic carbocycles. The number of amides is 1. The van der Waals surface area contributed by atoms with Crippen molar-refractivity contribution in [3.05, 3.63) is 48.7 Å². The molecule has 0 atom stereocenters. The summed E-state index contributed by atoms with van der Waals surface area (Å²) in [4.78, 5) is 18.3. The minimum atomic E-state index is -3.36. The van der Waals surface area contributed by atoms with E-state index in [-0.39, 0.29) is 24.8 Å². The average Bonchev–Trinajstić information content (AvgIpc) is 2.82. The van der Waals surface area contributed by atoms with Gasteiger partial charge in [-0.15, -0.1) is 0 Å². The summed E-state index contributed by atoms with van der Waals surface area (Å²) in [7, 11) is -3.36. The van der Waals surface area contributed by atoms with E-state index in [0.29, 0.717) is 45.0 Å². The molecule has 0 radical (unpaired) electrons. The lowest BCUT2D eigenvalue weighted by molar-refractivity contribution is -0.123. The highest BCUT2D eigenvalue weighted by molar-refractivity contribution is 7.89. The Hall–Kier alpha value is -2.85. The first-order valence-electron chi connectivity index (χ1n) is 10.7. The van der Waals surface area contributed by atoms with Gasteiger partial charge in [-0.3, -0.25) is 4.79 Å². The van der Waals surface area contributed by atoms with Gasteiger partial charge in [-0.25, -0.2) is 13.4 Å². The molecule has 1 saturated heterocycles. The van der Waals surface area contributed by atoms with Crippen molar-refractivity contribution in [2.45, 2.75) is 13.3 Å². The van der Waals surface area contributed by atoms with E-state index in [4.69, 9.17) is 9.47 Å². The number of hydrogen-bond donors (Lipinski definition) is 1. The van der Waals surface area contributed by atoms with Crippen LogP contribution in [0.4, 0.5) is 5.82 Å². The van der Waals surface area contributed by atoms with Crippen LogP contribution in [0.15, 0.2) is 48.7 Å². The molecule has 1 amide bonds. The molecule has 9 nitrogen and oxygen atoms in total. The van der Waals surface area contributed by atoms with Crippen LogP contribution in [0.1, 0.15) is 13.3 Å². The Morgan fingerprint density at radius 2 is 1.72 bits per heavy atom. The minimum Gasteiger partial charge on any atom is -0.494 e. The van der Waals surface area contributed by atoms with Gasteiger partial charge in [0.05, 0.1) is 12.4 Å². The molecule has 0 spiro atoms. The number of sulfonamides is 1. The third kappa shape index (κ3) is 7.10. The number of nitrogens with one attached hydrogen (secondary N) is 1. The predicted molar refractivity (Wildman–Crippen MR) is 123 cm³/mol. The van der Waals surface area contributed by atoms with Crippen LogP contribution in [-0.2, 0) is 14.8 Å². The van der Waals surface area contributed by atoms with E-state index in [1.165, 1.54) is 4.31 Å². The monoisotopic (exact) mass is 462 g/mol. The lowest BCUT2D eigenvalue weighted by Gasteiger charge is -2.34. The molecule has 2 heterocycles. The van der Waals surface area contributed by atoms with Gasteiger partial charge in [-0.2, -0.15) is 4.31 Å². The Morgan fingerprint density at radius 1 is 1.03 bits per heavy atom. The van der Waals surface area contributed by atoms with Crippen LogP contribution in [0, 0.1) is 0 Å². The average molecular weight is 463 g/mol. The molecule has 1 N–H and O–H groups in total. The van der Waals surface area contributed by atoms with Crippen molar-refractivity contribution in [1.29, 1.82) is 0 Å². The van der Waals surface area contributed by atoms with Gasteiger partial charge in [0.15, 0.2) is 6.61 Å². The van der Waals surface area contributed by atoms with E-state index < -0.39 is 10.0 Å². The Kier molecular flexibility index (Phi) is 8.69. The molecule has 32 heavy (non-hydrogen) atoms. The van der Waals surface area contributed by atoms with Gasteiger partial charge in [0, 0.05) is 38.9 Å². The molecular weight excluding hydrogens is 432 g/mol. The van der Waals surface area contributed by atoms with Crippen molar-refractivity contribution in [2.24, 2.45) is 0 Å². The molecule has 174 valence electrons. The van der Waals surface area contributed by atoms with Crippen LogP contribution >= 0.6 is 0 Å². The quantitative estimate of drug-likeness (QED) is 0.505. The molecule has 2 aromatic rings. The molecule has 10 heteroatoms. The summed E-state index contributed by atoms with van der Waals surface area (Å²) in [5, 5.41) is 2.70. The van der Waals surface area contributed by atoms with Gasteiger partial charge in [-0.05, 0) is 49.7 Å². The van der Waals surface area contributed by atoms with Gasteiger partial charge in [0.25, 0.3) is 5.91 Å². The van der Waals surface area contributed by atoms with Crippen LogP contribution in [0.3, 0.4) is 0 Å². The second kappa shape index (κ2) is 11.7. The summed E-state index contributed by atoms with van der Waals surface area (Å²) in [5.74, 6) is 1.87. The van der Waals surface area contributed by atoms with E-state index in [1.807, 2.05) is 25.1 Å². The van der Waals surface area contributed by atoms with Crippen molar-refractivity contribution in [3.8, 4) is 11.5 Å². The number of benzene rings is 1. The Morgan fingerprint density at radius 3 is 2.34 bits per heavy atom. The molecule has 1 aromatic heterocycles. The third-order valence-electron chi connectivity index (χ3n) is 5.01. The predicted octanol–water partition coefficient (Wildman–Crippen LogP) is 1.52. The lowest BCUT2D eigenvalue weighted by Crippen LogP contribution is -2.49. The summed E-state index contributed by atoms with van der Waals surface area (Å²) in [6.07, 6.45) is 2.08. The first-order valence-corrected chi connectivity index (χ1v) is 12.3. The maximum atomic E-state index is 12.6. The fourth-order valence-corrected chi connectivity index (χ4v) is 4.83. The summed E-state index contributed by atoms with van der Waals surface area (Å²) >= 11 is 0. The van der Waals surface area contributed by atoms with Crippen molar-refractivity contribution < 1.29 is 22.7 Å². The zero-order valence-corrected chi connectivity index (χ0v) is 19.1. The minimum absolute atomic E-state index is 0.00336. The highest BCUT2D eigenvalue weighted by Crippen LogP contribution is 2.17. The first-order chi connectivity index (χ1) is 15.5. The third-order valence-corrected chi connectivity index (χ3v) is 6.97.